The Morgan fingerprint density at radius 3 is 1.50 bits per heavy atom. The van der Waals surface area contributed by atoms with E-state index in [0.29, 0.717) is 44.5 Å². The molecule has 5 nitrogen and oxygen atoms in total. The molecule has 0 unspecified atom stereocenters. The molecule has 158 valence electrons. The van der Waals surface area contributed by atoms with Crippen LogP contribution in [0.15, 0.2) is 36.4 Å². The van der Waals surface area contributed by atoms with Gasteiger partial charge in [-0.15, -0.1) is 23.5 Å². The van der Waals surface area contributed by atoms with Crippen molar-refractivity contribution in [2.45, 2.75) is 38.2 Å². The Hall–Kier alpha value is -2.25. The van der Waals surface area contributed by atoms with Gasteiger partial charge >= 0.3 is 0 Å². The lowest BCUT2D eigenvalue weighted by Crippen LogP contribution is -2.15. The molecule has 0 fully saturated rings. The summed E-state index contributed by atoms with van der Waals surface area (Å²) in [4.78, 5) is 37.2. The highest BCUT2D eigenvalue weighted by Crippen LogP contribution is 2.39. The van der Waals surface area contributed by atoms with Crippen molar-refractivity contribution in [3.8, 4) is 11.1 Å². The number of carbonyl (C=O) groups is 3. The lowest BCUT2D eigenvalue weighted by molar-refractivity contribution is -0.114. The number of hydrogen-bond acceptors (Lipinski definition) is 5. The van der Waals surface area contributed by atoms with Gasteiger partial charge in [-0.05, 0) is 45.9 Å². The van der Waals surface area contributed by atoms with Crippen LogP contribution in [0.4, 0.5) is 11.4 Å². The van der Waals surface area contributed by atoms with Crippen LogP contribution >= 0.6 is 23.5 Å². The van der Waals surface area contributed by atoms with E-state index in [1.165, 1.54) is 0 Å². The van der Waals surface area contributed by atoms with Crippen LogP contribution in [-0.4, -0.2) is 39.6 Å². The Bertz CT molecular complexity index is 909. The van der Waals surface area contributed by atoms with Crippen molar-refractivity contribution in [3.05, 3.63) is 47.5 Å². The summed E-state index contributed by atoms with van der Waals surface area (Å²) >= 11 is 3.14. The predicted octanol–water partition coefficient (Wildman–Crippen LogP) is 5.06. The van der Waals surface area contributed by atoms with E-state index in [4.69, 9.17) is 0 Å². The van der Waals surface area contributed by atoms with Crippen LogP contribution in [0.5, 0.6) is 0 Å². The van der Waals surface area contributed by atoms with Crippen LogP contribution in [0.25, 0.3) is 11.1 Å². The van der Waals surface area contributed by atoms with Gasteiger partial charge in [-0.2, -0.15) is 0 Å². The smallest absolute Gasteiger partial charge is 0.234 e. The third kappa shape index (κ3) is 5.46. The minimum Gasteiger partial charge on any atom is -0.325 e. The number of amides is 2. The van der Waals surface area contributed by atoms with Crippen LogP contribution in [-0.2, 0) is 9.59 Å². The Labute approximate surface area is 185 Å². The minimum absolute atomic E-state index is 0.0825. The van der Waals surface area contributed by atoms with Gasteiger partial charge in [-0.25, -0.2) is 0 Å². The summed E-state index contributed by atoms with van der Waals surface area (Å²) in [6.45, 7) is 8.18. The molecule has 0 spiro atoms. The number of fused-ring (bicyclic) bond motifs is 3. The Morgan fingerprint density at radius 1 is 0.733 bits per heavy atom. The van der Waals surface area contributed by atoms with E-state index in [1.54, 1.807) is 35.7 Å². The van der Waals surface area contributed by atoms with E-state index in [1.807, 2.05) is 52.0 Å². The highest BCUT2D eigenvalue weighted by Gasteiger charge is 2.27. The number of benzene rings is 2. The monoisotopic (exact) mass is 442 g/mol. The molecule has 0 bridgehead atoms. The number of carbonyl (C=O) groups excluding carboxylic acids is 3. The molecule has 0 aromatic heterocycles. The van der Waals surface area contributed by atoms with Crippen LogP contribution in [0, 0.1) is 0 Å². The zero-order chi connectivity index (χ0) is 21.8. The maximum Gasteiger partial charge on any atom is 0.234 e. The number of anilines is 2. The number of hydrogen-bond donors (Lipinski definition) is 2. The van der Waals surface area contributed by atoms with Gasteiger partial charge in [0.1, 0.15) is 0 Å². The van der Waals surface area contributed by atoms with Crippen molar-refractivity contribution in [2.75, 3.05) is 22.1 Å². The standard InChI is InChI=1S/C23H26N2O3S2/c1-13(2)29-11-21(26)24-15-5-7-17-18-8-6-16(25-22(27)12-30-14(3)4)10-20(18)23(28)19(17)9-15/h5-10,13-14H,11-12H2,1-4H3,(H,24,26)(H,25,27). The average Bonchev–Trinajstić information content (AvgIpc) is 2.96. The molecule has 0 aliphatic heterocycles. The van der Waals surface area contributed by atoms with Gasteiger partial charge < -0.3 is 10.6 Å². The Morgan fingerprint density at radius 2 is 1.13 bits per heavy atom. The molecule has 7 heteroatoms. The van der Waals surface area contributed by atoms with Crippen molar-refractivity contribution < 1.29 is 14.4 Å². The van der Waals surface area contributed by atoms with Crippen molar-refractivity contribution in [2.24, 2.45) is 0 Å². The highest BCUT2D eigenvalue weighted by molar-refractivity contribution is 8.00. The summed E-state index contributed by atoms with van der Waals surface area (Å²) in [5, 5.41) is 6.49. The lowest BCUT2D eigenvalue weighted by atomic mass is 10.0. The van der Waals surface area contributed by atoms with Crippen molar-refractivity contribution in [3.63, 3.8) is 0 Å². The first-order valence-electron chi connectivity index (χ1n) is 9.90. The van der Waals surface area contributed by atoms with E-state index in [9.17, 15) is 14.4 Å². The zero-order valence-corrected chi connectivity index (χ0v) is 19.2. The molecular formula is C23H26N2O3S2. The molecule has 3 rings (SSSR count). The first-order chi connectivity index (χ1) is 14.2. The Balaban J connectivity index is 1.73. The molecule has 0 radical (unpaired) electrons. The van der Waals surface area contributed by atoms with Gasteiger partial charge in [0.05, 0.1) is 11.5 Å². The highest BCUT2D eigenvalue weighted by atomic mass is 32.2. The van der Waals surface area contributed by atoms with E-state index < -0.39 is 0 Å². The molecule has 2 aromatic rings. The van der Waals surface area contributed by atoms with Crippen molar-refractivity contribution in [1.82, 2.24) is 0 Å². The number of thioether (sulfide) groups is 2. The summed E-state index contributed by atoms with van der Waals surface area (Å²) in [5.41, 5.74) is 4.05. The fourth-order valence-electron chi connectivity index (χ4n) is 3.11. The van der Waals surface area contributed by atoms with E-state index >= 15 is 0 Å². The minimum atomic E-state index is -0.0969. The Kier molecular flexibility index (Phi) is 7.26. The zero-order valence-electron chi connectivity index (χ0n) is 17.6. The fourth-order valence-corrected chi connectivity index (χ4v) is 4.23. The largest absolute Gasteiger partial charge is 0.325 e. The quantitative estimate of drug-likeness (QED) is 0.510. The molecule has 0 heterocycles. The molecular weight excluding hydrogens is 416 g/mol. The van der Waals surface area contributed by atoms with E-state index in [2.05, 4.69) is 10.6 Å². The summed E-state index contributed by atoms with van der Waals surface area (Å²) < 4.78 is 0. The molecule has 1 aliphatic rings. The normalized spacial score (nSPS) is 12.1. The van der Waals surface area contributed by atoms with Gasteiger partial charge in [0.15, 0.2) is 5.78 Å². The number of rotatable bonds is 8. The van der Waals surface area contributed by atoms with Crippen LogP contribution in [0.1, 0.15) is 43.6 Å². The average molecular weight is 443 g/mol. The summed E-state index contributed by atoms with van der Waals surface area (Å²) in [6, 6.07) is 10.8. The third-order valence-corrected chi connectivity index (χ3v) is 6.67. The van der Waals surface area contributed by atoms with Crippen LogP contribution in [0.3, 0.4) is 0 Å². The van der Waals surface area contributed by atoms with Crippen LogP contribution in [0.2, 0.25) is 0 Å². The topological polar surface area (TPSA) is 75.3 Å². The first kappa shape index (κ1) is 22.4. The summed E-state index contributed by atoms with van der Waals surface area (Å²) in [7, 11) is 0. The maximum absolute atomic E-state index is 13.0. The lowest BCUT2D eigenvalue weighted by Gasteiger charge is -2.09. The molecule has 0 saturated carbocycles. The summed E-state index contributed by atoms with van der Waals surface area (Å²) in [5.74, 6) is 0.490. The molecule has 2 N–H and O–H groups in total. The van der Waals surface area contributed by atoms with Crippen LogP contribution < -0.4 is 10.6 Å². The van der Waals surface area contributed by atoms with Gasteiger partial charge in [0.25, 0.3) is 0 Å². The molecule has 30 heavy (non-hydrogen) atoms. The molecule has 0 saturated heterocycles. The first-order valence-corrected chi connectivity index (χ1v) is 12.0. The maximum atomic E-state index is 13.0. The second-order valence-corrected chi connectivity index (χ2v) is 10.8. The second kappa shape index (κ2) is 9.71. The molecule has 1 aliphatic carbocycles. The second-order valence-electron chi connectivity index (χ2n) is 7.67. The van der Waals surface area contributed by atoms with Gasteiger partial charge in [-0.1, -0.05) is 39.8 Å². The van der Waals surface area contributed by atoms with Gasteiger partial charge in [0.2, 0.25) is 11.8 Å². The van der Waals surface area contributed by atoms with Crippen molar-refractivity contribution >= 4 is 52.5 Å². The van der Waals surface area contributed by atoms with Gasteiger partial charge in [0, 0.05) is 22.5 Å². The number of ketones is 1. The molecule has 0 atom stereocenters. The van der Waals surface area contributed by atoms with E-state index in [-0.39, 0.29) is 17.6 Å². The predicted molar refractivity (Wildman–Crippen MR) is 128 cm³/mol. The summed E-state index contributed by atoms with van der Waals surface area (Å²) in [6.07, 6.45) is 0. The fraction of sp³-hybridized carbons (Fsp3) is 0.348. The van der Waals surface area contributed by atoms with Gasteiger partial charge in [-0.3, -0.25) is 14.4 Å². The molecule has 2 aromatic carbocycles. The SMILES string of the molecule is CC(C)SCC(=O)Nc1ccc2c(c1)C(=O)c1cc(NC(=O)CSC(C)C)ccc1-2. The molecule has 2 amide bonds. The van der Waals surface area contributed by atoms with E-state index in [0.717, 1.165) is 11.1 Å². The number of nitrogens with one attached hydrogen (secondary N) is 2. The van der Waals surface area contributed by atoms with Crippen molar-refractivity contribution in [1.29, 1.82) is 0 Å². The third-order valence-electron chi connectivity index (χ3n) is 4.48.